The summed E-state index contributed by atoms with van der Waals surface area (Å²) in [4.78, 5) is 17.3. The molecule has 9 heteroatoms. The summed E-state index contributed by atoms with van der Waals surface area (Å²) in [7, 11) is 0. The van der Waals surface area contributed by atoms with Gasteiger partial charge < -0.3 is 25.3 Å². The molecule has 0 spiro atoms. The molecule has 4 aromatic rings. The van der Waals surface area contributed by atoms with Crippen molar-refractivity contribution >= 4 is 39.4 Å². The number of aromatic nitrogens is 4. The molecule has 0 bridgehead atoms. The first kappa shape index (κ1) is 21.2. The minimum atomic E-state index is -0.901. The molecule has 0 amide bonds. The molecule has 4 N–H and O–H groups in total. The van der Waals surface area contributed by atoms with Crippen LogP contribution in [0.3, 0.4) is 0 Å². The molecule has 0 unspecified atom stereocenters. The maximum atomic E-state index is 15.6. The van der Waals surface area contributed by atoms with Gasteiger partial charge in [0, 0.05) is 48.4 Å². The first-order valence-corrected chi connectivity index (χ1v) is 11.2. The lowest BCUT2D eigenvalue weighted by molar-refractivity contribution is -0.0231. The lowest BCUT2D eigenvalue weighted by Gasteiger charge is -2.43. The number of nitrogens with zero attached hydrogens (tertiary/aromatic N) is 3. The van der Waals surface area contributed by atoms with Gasteiger partial charge in [0.2, 0.25) is 0 Å². The molecule has 1 fully saturated rings. The van der Waals surface area contributed by atoms with Crippen molar-refractivity contribution < 1.29 is 9.50 Å². The summed E-state index contributed by atoms with van der Waals surface area (Å²) < 4.78 is 15.6. The number of anilines is 1. The number of aromatic amines is 2. The number of H-pyrrole nitrogens is 2. The fourth-order valence-electron chi connectivity index (χ4n) is 4.43. The van der Waals surface area contributed by atoms with Crippen LogP contribution < -0.4 is 10.2 Å². The number of aliphatic hydroxyl groups is 1. The van der Waals surface area contributed by atoms with E-state index < -0.39 is 11.4 Å². The van der Waals surface area contributed by atoms with E-state index in [1.54, 1.807) is 24.5 Å². The average Bonchev–Trinajstić information content (AvgIpc) is 3.39. The number of hydrogen-bond acceptors (Lipinski definition) is 5. The number of nitrogens with one attached hydrogen (secondary N) is 3. The van der Waals surface area contributed by atoms with E-state index >= 15 is 4.39 Å². The highest BCUT2D eigenvalue weighted by Gasteiger charge is 2.38. The molecule has 1 aliphatic rings. The first-order chi connectivity index (χ1) is 15.3. The zero-order chi connectivity index (χ0) is 22.6. The van der Waals surface area contributed by atoms with Gasteiger partial charge in [-0.2, -0.15) is 0 Å². The third kappa shape index (κ3) is 3.25. The monoisotopic (exact) mass is 456 g/mol. The van der Waals surface area contributed by atoms with Gasteiger partial charge in [0.15, 0.2) is 11.6 Å². The highest BCUT2D eigenvalue weighted by molar-refractivity contribution is 6.34. The number of fused-ring (bicyclic) bond motifs is 2. The summed E-state index contributed by atoms with van der Waals surface area (Å²) in [6.45, 7) is 7.77. The van der Waals surface area contributed by atoms with Crippen LogP contribution >= 0.6 is 11.6 Å². The topological polar surface area (TPSA) is 92.9 Å². The maximum Gasteiger partial charge on any atom is 0.159 e. The fourth-order valence-corrected chi connectivity index (χ4v) is 4.71. The quantitative estimate of drug-likeness (QED) is 0.371. The van der Waals surface area contributed by atoms with E-state index in [-0.39, 0.29) is 17.7 Å². The molecule has 1 aliphatic heterocycles. The SMILES string of the molecule is CC(C)[C@@](C)(O)[C@@H]1CN(c2nc(-c3c(Cl)[nH]c4ncccc34)c(F)c3cc[nH]c23)CCN1. The molecular weight excluding hydrogens is 431 g/mol. The van der Waals surface area contributed by atoms with Crippen LogP contribution in [0.25, 0.3) is 33.2 Å². The molecule has 0 radical (unpaired) electrons. The standard InChI is InChI=1S/C23H26ClFN6O/c1-12(2)23(3,32)15-11-31(10-9-26-15)22-18-14(6-8-27-18)17(25)19(29-22)16-13-5-4-7-28-21(13)30-20(16)24/h4-8,12,15,26-27,32H,9-11H2,1-3H3,(H,28,30)/t15-,23+/m0/s1. The Balaban J connectivity index is 1.66. The second kappa shape index (κ2) is 7.72. The Hall–Kier alpha value is -2.68. The Labute approximate surface area is 190 Å². The lowest BCUT2D eigenvalue weighted by Crippen LogP contribution is -2.62. The highest BCUT2D eigenvalue weighted by atomic mass is 35.5. The Bertz CT molecular complexity index is 1300. The van der Waals surface area contributed by atoms with Crippen molar-refractivity contribution in [3.63, 3.8) is 0 Å². The van der Waals surface area contributed by atoms with E-state index in [0.717, 1.165) is 0 Å². The fraction of sp³-hybridized carbons (Fsp3) is 0.391. The van der Waals surface area contributed by atoms with Crippen LogP contribution in [0.2, 0.25) is 5.15 Å². The predicted molar refractivity (Wildman–Crippen MR) is 126 cm³/mol. The van der Waals surface area contributed by atoms with Crippen LogP contribution in [0.4, 0.5) is 10.2 Å². The first-order valence-electron chi connectivity index (χ1n) is 10.8. The van der Waals surface area contributed by atoms with Crippen molar-refractivity contribution in [3.05, 3.63) is 41.6 Å². The van der Waals surface area contributed by atoms with Gasteiger partial charge in [-0.25, -0.2) is 14.4 Å². The Morgan fingerprint density at radius 3 is 2.91 bits per heavy atom. The highest BCUT2D eigenvalue weighted by Crippen LogP contribution is 2.39. The van der Waals surface area contributed by atoms with Crippen LogP contribution in [0.15, 0.2) is 30.6 Å². The summed E-state index contributed by atoms with van der Waals surface area (Å²) in [5.41, 5.74) is 0.992. The van der Waals surface area contributed by atoms with Crippen LogP contribution in [0.5, 0.6) is 0 Å². The molecule has 32 heavy (non-hydrogen) atoms. The number of halogens is 2. The van der Waals surface area contributed by atoms with Crippen LogP contribution in [0, 0.1) is 11.7 Å². The molecule has 5 rings (SSSR count). The van der Waals surface area contributed by atoms with Crippen molar-refractivity contribution in [2.24, 2.45) is 5.92 Å². The molecule has 4 aromatic heterocycles. The minimum Gasteiger partial charge on any atom is -0.388 e. The molecule has 0 saturated carbocycles. The molecular formula is C23H26ClFN6O. The minimum absolute atomic E-state index is 0.0692. The van der Waals surface area contributed by atoms with Crippen LogP contribution in [0.1, 0.15) is 20.8 Å². The normalized spacial score (nSPS) is 19.2. The Morgan fingerprint density at radius 1 is 1.31 bits per heavy atom. The van der Waals surface area contributed by atoms with E-state index in [0.29, 0.717) is 58.1 Å². The average molecular weight is 457 g/mol. The summed E-state index contributed by atoms with van der Waals surface area (Å²) in [5.74, 6) is 0.277. The third-order valence-corrected chi connectivity index (χ3v) is 7.03. The van der Waals surface area contributed by atoms with E-state index in [9.17, 15) is 5.11 Å². The molecule has 0 aromatic carbocycles. The zero-order valence-electron chi connectivity index (χ0n) is 18.2. The van der Waals surface area contributed by atoms with Gasteiger partial charge in [-0.05, 0) is 31.0 Å². The number of pyridine rings is 2. The van der Waals surface area contributed by atoms with Crippen molar-refractivity contribution in [1.29, 1.82) is 0 Å². The Kier molecular flexibility index (Phi) is 5.11. The van der Waals surface area contributed by atoms with Gasteiger partial charge in [0.05, 0.1) is 17.2 Å². The van der Waals surface area contributed by atoms with E-state index in [4.69, 9.17) is 16.6 Å². The second-order valence-corrected chi connectivity index (χ2v) is 9.29. The van der Waals surface area contributed by atoms with Gasteiger partial charge in [-0.15, -0.1) is 0 Å². The predicted octanol–water partition coefficient (Wildman–Crippen LogP) is 4.08. The van der Waals surface area contributed by atoms with Crippen molar-refractivity contribution in [1.82, 2.24) is 25.3 Å². The summed E-state index contributed by atoms with van der Waals surface area (Å²) in [5, 5.41) is 15.9. The van der Waals surface area contributed by atoms with Crippen LogP contribution in [-0.4, -0.2) is 56.3 Å². The molecule has 168 valence electrons. The molecule has 1 saturated heterocycles. The van der Waals surface area contributed by atoms with Crippen molar-refractivity contribution in [2.75, 3.05) is 24.5 Å². The Morgan fingerprint density at radius 2 is 2.12 bits per heavy atom. The van der Waals surface area contributed by atoms with Crippen molar-refractivity contribution in [2.45, 2.75) is 32.4 Å². The van der Waals surface area contributed by atoms with E-state index in [1.807, 2.05) is 26.8 Å². The van der Waals surface area contributed by atoms with E-state index in [2.05, 4.69) is 25.2 Å². The third-order valence-electron chi connectivity index (χ3n) is 6.74. The second-order valence-electron chi connectivity index (χ2n) is 8.91. The molecule has 7 nitrogen and oxygen atoms in total. The summed E-state index contributed by atoms with van der Waals surface area (Å²) in [6.07, 6.45) is 3.37. The molecule has 2 atom stereocenters. The number of rotatable bonds is 4. The number of piperazine rings is 1. The van der Waals surface area contributed by atoms with Crippen molar-refractivity contribution in [3.8, 4) is 11.3 Å². The van der Waals surface area contributed by atoms with Gasteiger partial charge >= 0.3 is 0 Å². The number of hydrogen-bond donors (Lipinski definition) is 4. The largest absolute Gasteiger partial charge is 0.388 e. The van der Waals surface area contributed by atoms with Gasteiger partial charge in [-0.3, -0.25) is 0 Å². The molecule has 0 aliphatic carbocycles. The smallest absolute Gasteiger partial charge is 0.159 e. The van der Waals surface area contributed by atoms with Gasteiger partial charge in [0.1, 0.15) is 16.5 Å². The zero-order valence-corrected chi connectivity index (χ0v) is 19.0. The van der Waals surface area contributed by atoms with Gasteiger partial charge in [0.25, 0.3) is 0 Å². The summed E-state index contributed by atoms with van der Waals surface area (Å²) in [6, 6.07) is 5.20. The maximum absolute atomic E-state index is 15.6. The van der Waals surface area contributed by atoms with E-state index in [1.165, 1.54) is 0 Å². The molecule has 5 heterocycles. The van der Waals surface area contributed by atoms with Crippen LogP contribution in [-0.2, 0) is 0 Å². The van der Waals surface area contributed by atoms with Gasteiger partial charge in [-0.1, -0.05) is 25.4 Å². The lowest BCUT2D eigenvalue weighted by atomic mass is 9.84. The summed E-state index contributed by atoms with van der Waals surface area (Å²) >= 11 is 6.49.